The Kier molecular flexibility index (Phi) is 4.51. The van der Waals surface area contributed by atoms with Crippen LogP contribution in [0.4, 0.5) is 4.39 Å². The van der Waals surface area contributed by atoms with Gasteiger partial charge >= 0.3 is 0 Å². The number of benzene rings is 1. The fourth-order valence-corrected chi connectivity index (χ4v) is 4.07. The van der Waals surface area contributed by atoms with Gasteiger partial charge in [-0.25, -0.2) is 4.39 Å². The number of hydrogen-bond donors (Lipinski definition) is 0. The molecule has 4 heteroatoms. The fraction of sp³-hybridized carbons (Fsp3) is 0.600. The first-order valence-electron chi connectivity index (χ1n) is 6.58. The third-order valence-electron chi connectivity index (χ3n) is 4.15. The lowest BCUT2D eigenvalue weighted by molar-refractivity contribution is 0.0511. The van der Waals surface area contributed by atoms with Gasteiger partial charge in [0.15, 0.2) is 11.6 Å². The lowest BCUT2D eigenvalue weighted by Crippen LogP contribution is -2.22. The van der Waals surface area contributed by atoms with Crippen LogP contribution in [-0.2, 0) is 4.74 Å². The summed E-state index contributed by atoms with van der Waals surface area (Å²) in [6.45, 7) is 6.36. The fourth-order valence-electron chi connectivity index (χ4n) is 2.87. The Morgan fingerprint density at radius 2 is 1.95 bits per heavy atom. The molecule has 0 bridgehead atoms. The molecule has 5 unspecified atom stereocenters. The van der Waals surface area contributed by atoms with Crippen molar-refractivity contribution in [3.05, 3.63) is 29.6 Å². The number of rotatable bonds is 3. The molecule has 5 atom stereocenters. The van der Waals surface area contributed by atoms with E-state index < -0.39 is 0 Å². The summed E-state index contributed by atoms with van der Waals surface area (Å²) in [7, 11) is 1.47. The van der Waals surface area contributed by atoms with Crippen LogP contribution in [0.3, 0.4) is 0 Å². The first-order chi connectivity index (χ1) is 8.95. The van der Waals surface area contributed by atoms with Gasteiger partial charge in [0.05, 0.1) is 19.3 Å². The van der Waals surface area contributed by atoms with Gasteiger partial charge in [0.25, 0.3) is 0 Å². The minimum Gasteiger partial charge on any atom is -0.494 e. The van der Waals surface area contributed by atoms with Crippen molar-refractivity contribution in [3.8, 4) is 5.75 Å². The summed E-state index contributed by atoms with van der Waals surface area (Å²) in [4.78, 5) is 0.0860. The molecule has 1 saturated heterocycles. The largest absolute Gasteiger partial charge is 0.494 e. The number of halogens is 2. The zero-order valence-electron chi connectivity index (χ0n) is 11.7. The maximum absolute atomic E-state index is 13.8. The Balaban J connectivity index is 2.24. The van der Waals surface area contributed by atoms with Crippen molar-refractivity contribution in [2.75, 3.05) is 7.11 Å². The summed E-state index contributed by atoms with van der Waals surface area (Å²) in [6.07, 6.45) is 0.405. The normalized spacial score (nSPS) is 32.3. The topological polar surface area (TPSA) is 18.5 Å². The SMILES string of the molecule is COc1ccc(C(Br)C2C(C)OC(C)C2C)cc1F. The third kappa shape index (κ3) is 2.79. The molecular weight excluding hydrogens is 311 g/mol. The minimum atomic E-state index is -0.322. The maximum Gasteiger partial charge on any atom is 0.165 e. The molecule has 0 spiro atoms. The molecule has 2 rings (SSSR count). The van der Waals surface area contributed by atoms with Crippen LogP contribution in [0.15, 0.2) is 18.2 Å². The number of methoxy groups -OCH3 is 1. The van der Waals surface area contributed by atoms with E-state index in [9.17, 15) is 4.39 Å². The summed E-state index contributed by atoms with van der Waals surface area (Å²) in [5.74, 6) is 0.727. The van der Waals surface area contributed by atoms with Gasteiger partial charge in [0.2, 0.25) is 0 Å². The quantitative estimate of drug-likeness (QED) is 0.768. The molecule has 1 heterocycles. The molecule has 0 aromatic heterocycles. The lowest BCUT2D eigenvalue weighted by atomic mass is 9.84. The molecule has 1 fully saturated rings. The number of hydrogen-bond acceptors (Lipinski definition) is 2. The average molecular weight is 331 g/mol. The molecule has 1 aliphatic heterocycles. The number of ether oxygens (including phenoxy) is 2. The highest BCUT2D eigenvalue weighted by Gasteiger charge is 2.41. The minimum absolute atomic E-state index is 0.0860. The van der Waals surface area contributed by atoms with E-state index in [1.807, 2.05) is 6.07 Å². The van der Waals surface area contributed by atoms with Crippen molar-refractivity contribution >= 4 is 15.9 Å². The summed E-state index contributed by atoms with van der Waals surface area (Å²) in [5.41, 5.74) is 0.930. The van der Waals surface area contributed by atoms with Crippen LogP contribution in [0, 0.1) is 17.7 Å². The molecule has 0 radical (unpaired) electrons. The highest BCUT2D eigenvalue weighted by Crippen LogP contribution is 2.45. The predicted molar refractivity (Wildman–Crippen MR) is 77.3 cm³/mol. The second-order valence-corrected chi connectivity index (χ2v) is 6.27. The van der Waals surface area contributed by atoms with Gasteiger partial charge in [-0.15, -0.1) is 0 Å². The summed E-state index contributed by atoms with van der Waals surface area (Å²) in [5, 5.41) is 0. The van der Waals surface area contributed by atoms with Gasteiger partial charge in [-0.2, -0.15) is 0 Å². The lowest BCUT2D eigenvalue weighted by Gasteiger charge is -2.25. The molecule has 0 N–H and O–H groups in total. The Morgan fingerprint density at radius 3 is 2.42 bits per heavy atom. The van der Waals surface area contributed by atoms with Crippen molar-refractivity contribution in [1.29, 1.82) is 0 Å². The number of alkyl halides is 1. The molecule has 1 aromatic carbocycles. The summed E-state index contributed by atoms with van der Waals surface area (Å²) in [6, 6.07) is 5.12. The van der Waals surface area contributed by atoms with Crippen LogP contribution in [-0.4, -0.2) is 19.3 Å². The van der Waals surface area contributed by atoms with Crippen LogP contribution in [0.1, 0.15) is 31.2 Å². The molecule has 1 aliphatic rings. The molecule has 0 amide bonds. The molecule has 2 nitrogen and oxygen atoms in total. The Hall–Kier alpha value is -0.610. The van der Waals surface area contributed by atoms with Gasteiger partial charge in [0, 0.05) is 10.7 Å². The molecule has 106 valence electrons. The van der Waals surface area contributed by atoms with E-state index >= 15 is 0 Å². The van der Waals surface area contributed by atoms with Crippen molar-refractivity contribution in [3.63, 3.8) is 0 Å². The molecule has 0 aliphatic carbocycles. The van der Waals surface area contributed by atoms with Crippen LogP contribution in [0.25, 0.3) is 0 Å². The monoisotopic (exact) mass is 330 g/mol. The molecule has 1 aromatic rings. The van der Waals surface area contributed by atoms with Gasteiger partial charge in [-0.1, -0.05) is 28.9 Å². The highest BCUT2D eigenvalue weighted by molar-refractivity contribution is 9.09. The van der Waals surface area contributed by atoms with E-state index in [1.165, 1.54) is 7.11 Å². The van der Waals surface area contributed by atoms with E-state index in [2.05, 4.69) is 36.7 Å². The van der Waals surface area contributed by atoms with E-state index in [0.29, 0.717) is 11.8 Å². The van der Waals surface area contributed by atoms with Gasteiger partial charge in [-0.3, -0.25) is 0 Å². The van der Waals surface area contributed by atoms with Crippen LogP contribution >= 0.6 is 15.9 Å². The standard InChI is InChI=1S/C15H20BrFO2/c1-8-9(2)19-10(3)14(8)15(16)11-5-6-13(18-4)12(17)7-11/h5-10,14-15H,1-4H3. The van der Waals surface area contributed by atoms with Gasteiger partial charge < -0.3 is 9.47 Å². The average Bonchev–Trinajstić information content (AvgIpc) is 2.62. The highest BCUT2D eigenvalue weighted by atomic mass is 79.9. The van der Waals surface area contributed by atoms with E-state index in [0.717, 1.165) is 5.56 Å². The molecule has 0 saturated carbocycles. The smallest absolute Gasteiger partial charge is 0.165 e. The Bertz CT molecular complexity index is 452. The van der Waals surface area contributed by atoms with Crippen LogP contribution in [0.5, 0.6) is 5.75 Å². The van der Waals surface area contributed by atoms with E-state index in [-0.39, 0.29) is 28.6 Å². The van der Waals surface area contributed by atoms with Gasteiger partial charge in [0.1, 0.15) is 0 Å². The van der Waals surface area contributed by atoms with E-state index in [1.54, 1.807) is 12.1 Å². The first-order valence-corrected chi connectivity index (χ1v) is 7.50. The van der Waals surface area contributed by atoms with Crippen molar-refractivity contribution in [2.24, 2.45) is 11.8 Å². The summed E-state index contributed by atoms with van der Waals surface area (Å²) < 4.78 is 24.6. The Labute approximate surface area is 122 Å². The first kappa shape index (κ1) is 14.8. The van der Waals surface area contributed by atoms with Crippen molar-refractivity contribution < 1.29 is 13.9 Å². The maximum atomic E-state index is 13.8. The molecule has 19 heavy (non-hydrogen) atoms. The third-order valence-corrected chi connectivity index (χ3v) is 5.29. The zero-order chi connectivity index (χ0) is 14.2. The second kappa shape index (κ2) is 5.80. The van der Waals surface area contributed by atoms with Crippen molar-refractivity contribution in [1.82, 2.24) is 0 Å². The second-order valence-electron chi connectivity index (χ2n) is 5.28. The van der Waals surface area contributed by atoms with Crippen LogP contribution in [0.2, 0.25) is 0 Å². The predicted octanol–water partition coefficient (Wildman–Crippen LogP) is 4.33. The summed E-state index contributed by atoms with van der Waals surface area (Å²) >= 11 is 3.71. The molecular formula is C15H20BrFO2. The zero-order valence-corrected chi connectivity index (χ0v) is 13.3. The van der Waals surface area contributed by atoms with Crippen LogP contribution < -0.4 is 4.74 Å². The Morgan fingerprint density at radius 1 is 1.26 bits per heavy atom. The van der Waals surface area contributed by atoms with Crippen molar-refractivity contribution in [2.45, 2.75) is 37.8 Å². The van der Waals surface area contributed by atoms with Gasteiger partial charge in [-0.05, 0) is 37.5 Å². The van der Waals surface area contributed by atoms with E-state index in [4.69, 9.17) is 9.47 Å².